The van der Waals surface area contributed by atoms with Crippen molar-refractivity contribution in [2.45, 2.75) is 45.9 Å². The van der Waals surface area contributed by atoms with Gasteiger partial charge in [0.1, 0.15) is 17.2 Å². The Morgan fingerprint density at radius 3 is 2.58 bits per heavy atom. The highest BCUT2D eigenvalue weighted by molar-refractivity contribution is 6.07. The summed E-state index contributed by atoms with van der Waals surface area (Å²) in [6, 6.07) is 13.0. The number of para-hydroxylation sites is 1. The van der Waals surface area contributed by atoms with Crippen molar-refractivity contribution in [2.75, 3.05) is 0 Å². The van der Waals surface area contributed by atoms with Gasteiger partial charge in [-0.25, -0.2) is 0 Å². The number of benzene rings is 2. The van der Waals surface area contributed by atoms with Crippen LogP contribution in [0.1, 0.15) is 55.4 Å². The molecular formula is C29H28N2O5. The van der Waals surface area contributed by atoms with Gasteiger partial charge in [0, 0.05) is 16.9 Å². The van der Waals surface area contributed by atoms with Crippen LogP contribution < -0.4 is 14.8 Å². The van der Waals surface area contributed by atoms with E-state index in [4.69, 9.17) is 9.47 Å². The Morgan fingerprint density at radius 1 is 1.11 bits per heavy atom. The van der Waals surface area contributed by atoms with E-state index in [9.17, 15) is 15.1 Å². The van der Waals surface area contributed by atoms with Crippen LogP contribution in [0.2, 0.25) is 0 Å². The van der Waals surface area contributed by atoms with E-state index in [1.807, 2.05) is 62.4 Å². The van der Waals surface area contributed by atoms with E-state index < -0.39 is 22.7 Å². The van der Waals surface area contributed by atoms with Gasteiger partial charge in [0.25, 0.3) is 5.91 Å². The first kappa shape index (κ1) is 22.6. The van der Waals surface area contributed by atoms with Crippen molar-refractivity contribution in [3.05, 3.63) is 94.3 Å². The molecule has 2 aliphatic carbocycles. The molecular weight excluding hydrogens is 456 g/mol. The molecule has 0 aromatic heterocycles. The zero-order valence-corrected chi connectivity index (χ0v) is 20.6. The lowest BCUT2D eigenvalue weighted by Crippen LogP contribution is -2.62. The quantitative estimate of drug-likeness (QED) is 0.419. The largest absolute Gasteiger partial charge is 0.477 e. The molecule has 2 aliphatic heterocycles. The third-order valence-electron chi connectivity index (χ3n) is 8.36. The van der Waals surface area contributed by atoms with Gasteiger partial charge in [-0.3, -0.25) is 4.79 Å². The Bertz CT molecular complexity index is 1440. The number of aliphatic hydroxyl groups is 1. The van der Waals surface area contributed by atoms with E-state index in [1.54, 1.807) is 6.07 Å². The molecule has 0 radical (unpaired) electrons. The Balaban J connectivity index is 1.63. The van der Waals surface area contributed by atoms with Crippen LogP contribution in [0.15, 0.2) is 82.8 Å². The standard InChI is InChI=1S/C29H28N2O5/c1-16-10-13-21-27(2,3)24(31-34)20(35-18-8-6-5-7-9-18)15-29(21)28(16,4)14-17-11-12-19-22(23(17)36-29)26(33)30-25(19)32/h5-13,15,26,33-34H,14H2,1-4H3,(H,30,32). The van der Waals surface area contributed by atoms with Crippen LogP contribution in [0.5, 0.6) is 11.5 Å². The van der Waals surface area contributed by atoms with Gasteiger partial charge in [0.2, 0.25) is 0 Å². The van der Waals surface area contributed by atoms with Crippen LogP contribution in [-0.4, -0.2) is 27.5 Å². The Kier molecular flexibility index (Phi) is 4.61. The summed E-state index contributed by atoms with van der Waals surface area (Å²) in [5, 5.41) is 27.1. The third-order valence-corrected chi connectivity index (χ3v) is 8.36. The van der Waals surface area contributed by atoms with Crippen molar-refractivity contribution in [3.8, 4) is 11.5 Å². The van der Waals surface area contributed by atoms with E-state index in [1.165, 1.54) is 0 Å². The summed E-state index contributed by atoms with van der Waals surface area (Å²) in [4.78, 5) is 12.5. The van der Waals surface area contributed by atoms with Crippen LogP contribution in [0.3, 0.4) is 0 Å². The van der Waals surface area contributed by atoms with Crippen molar-refractivity contribution in [1.82, 2.24) is 5.32 Å². The maximum Gasteiger partial charge on any atom is 0.254 e. The number of rotatable bonds is 2. The second-order valence-corrected chi connectivity index (χ2v) is 10.7. The lowest BCUT2D eigenvalue weighted by Gasteiger charge is -2.58. The molecule has 36 heavy (non-hydrogen) atoms. The van der Waals surface area contributed by atoms with Crippen LogP contribution in [0.4, 0.5) is 0 Å². The fraction of sp³-hybridized carbons (Fsp3) is 0.310. The molecule has 0 saturated carbocycles. The number of nitrogens with one attached hydrogen (secondary N) is 1. The van der Waals surface area contributed by atoms with Crippen molar-refractivity contribution in [3.63, 3.8) is 0 Å². The fourth-order valence-corrected chi connectivity index (χ4v) is 6.23. The molecule has 2 aromatic rings. The number of amides is 1. The second kappa shape index (κ2) is 7.34. The second-order valence-electron chi connectivity index (χ2n) is 10.7. The smallest absolute Gasteiger partial charge is 0.254 e. The highest BCUT2D eigenvalue weighted by Gasteiger charge is 2.63. The van der Waals surface area contributed by atoms with Crippen molar-refractivity contribution in [2.24, 2.45) is 16.0 Å². The molecule has 0 saturated heterocycles. The highest BCUT2D eigenvalue weighted by atomic mass is 16.5. The number of hydrogen-bond donors (Lipinski definition) is 3. The first-order valence-electron chi connectivity index (χ1n) is 12.0. The zero-order valence-electron chi connectivity index (χ0n) is 20.6. The van der Waals surface area contributed by atoms with Gasteiger partial charge in [0.05, 0.1) is 11.1 Å². The van der Waals surface area contributed by atoms with Crippen LogP contribution in [0.25, 0.3) is 0 Å². The fourth-order valence-electron chi connectivity index (χ4n) is 6.23. The molecule has 3 unspecified atom stereocenters. The first-order valence-corrected chi connectivity index (χ1v) is 12.0. The molecule has 3 N–H and O–H groups in total. The molecule has 2 heterocycles. The van der Waals surface area contributed by atoms with Gasteiger partial charge in [-0.15, -0.1) is 0 Å². The normalized spacial score (nSPS) is 30.5. The summed E-state index contributed by atoms with van der Waals surface area (Å²) >= 11 is 0. The van der Waals surface area contributed by atoms with Gasteiger partial charge in [-0.05, 0) is 42.7 Å². The Morgan fingerprint density at radius 2 is 1.86 bits per heavy atom. The van der Waals surface area contributed by atoms with Gasteiger partial charge in [-0.2, -0.15) is 0 Å². The summed E-state index contributed by atoms with van der Waals surface area (Å²) in [7, 11) is 0. The molecule has 1 amide bonds. The van der Waals surface area contributed by atoms with Crippen molar-refractivity contribution < 1.29 is 24.6 Å². The number of allylic oxidation sites excluding steroid dienone is 3. The number of ether oxygens (including phenoxy) is 2. The average Bonchev–Trinajstić information content (AvgIpc) is 3.12. The number of carbonyl (C=O) groups is 1. The van der Waals surface area contributed by atoms with Gasteiger partial charge < -0.3 is 25.1 Å². The molecule has 0 fully saturated rings. The highest BCUT2D eigenvalue weighted by Crippen LogP contribution is 2.62. The van der Waals surface area contributed by atoms with E-state index in [0.29, 0.717) is 40.5 Å². The number of hydrogen-bond acceptors (Lipinski definition) is 6. The van der Waals surface area contributed by atoms with Crippen LogP contribution >= 0.6 is 0 Å². The third kappa shape index (κ3) is 2.77. The molecule has 6 rings (SSSR count). The molecule has 7 nitrogen and oxygen atoms in total. The van der Waals surface area contributed by atoms with E-state index >= 15 is 0 Å². The minimum atomic E-state index is -1.15. The van der Waals surface area contributed by atoms with Crippen molar-refractivity contribution >= 4 is 11.6 Å². The number of aliphatic hydroxyl groups excluding tert-OH is 1. The Labute approximate surface area is 209 Å². The van der Waals surface area contributed by atoms with E-state index in [2.05, 4.69) is 30.4 Å². The topological polar surface area (TPSA) is 100 Å². The van der Waals surface area contributed by atoms with E-state index in [-0.39, 0.29) is 5.91 Å². The molecule has 3 atom stereocenters. The minimum Gasteiger partial charge on any atom is -0.477 e. The Hall–Kier alpha value is -3.84. The average molecular weight is 485 g/mol. The van der Waals surface area contributed by atoms with Crippen LogP contribution in [0, 0.1) is 10.8 Å². The van der Waals surface area contributed by atoms with Gasteiger partial charge >= 0.3 is 0 Å². The molecule has 184 valence electrons. The zero-order chi connectivity index (χ0) is 25.5. The number of fused-ring (bicyclic) bond motifs is 3. The SMILES string of the molecule is CC1=CC=C2C(C)(C)C(=NO)C(Oc3ccccc3)=CC23Oc2c(ccc4c2C(O)NC4=O)CC13C. The number of nitrogens with zero attached hydrogens (tertiary/aromatic N) is 1. The maximum atomic E-state index is 12.5. The van der Waals surface area contributed by atoms with Gasteiger partial charge in [0.15, 0.2) is 17.6 Å². The number of carbonyl (C=O) groups excluding carboxylic acids is 1. The number of oxime groups is 1. The molecule has 4 aliphatic rings. The molecule has 1 spiro atoms. The maximum absolute atomic E-state index is 12.5. The summed E-state index contributed by atoms with van der Waals surface area (Å²) < 4.78 is 13.3. The summed E-state index contributed by atoms with van der Waals surface area (Å²) in [6.45, 7) is 8.22. The summed E-state index contributed by atoms with van der Waals surface area (Å²) in [5.74, 6) is 1.19. The molecule has 2 aromatic carbocycles. The van der Waals surface area contributed by atoms with E-state index in [0.717, 1.165) is 16.7 Å². The minimum absolute atomic E-state index is 0.326. The van der Waals surface area contributed by atoms with Crippen LogP contribution in [-0.2, 0) is 6.42 Å². The molecule has 0 bridgehead atoms. The monoisotopic (exact) mass is 484 g/mol. The predicted octanol–water partition coefficient (Wildman–Crippen LogP) is 4.82. The van der Waals surface area contributed by atoms with Crippen molar-refractivity contribution in [1.29, 1.82) is 0 Å². The van der Waals surface area contributed by atoms with Gasteiger partial charge in [-0.1, -0.05) is 67.9 Å². The molecule has 7 heteroatoms. The summed E-state index contributed by atoms with van der Waals surface area (Å²) in [6.07, 6.45) is 5.51. The summed E-state index contributed by atoms with van der Waals surface area (Å²) in [5.41, 5.74) is 1.94. The lowest BCUT2D eigenvalue weighted by molar-refractivity contribution is 0.00461. The first-order chi connectivity index (χ1) is 17.1. The predicted molar refractivity (Wildman–Crippen MR) is 134 cm³/mol. The lowest BCUT2D eigenvalue weighted by atomic mass is 9.52.